The molecule has 0 radical (unpaired) electrons. The number of rotatable bonds is 2. The molecule has 0 aromatic carbocycles. The minimum Gasteiger partial charge on any atom is -0.327 e. The largest absolute Gasteiger partial charge is 0.327 e. The highest BCUT2D eigenvalue weighted by Crippen LogP contribution is 2.44. The second-order valence-corrected chi connectivity index (χ2v) is 6.63. The van der Waals surface area contributed by atoms with E-state index < -0.39 is 0 Å². The monoisotopic (exact) mass is 295 g/mol. The van der Waals surface area contributed by atoms with Gasteiger partial charge in [-0.25, -0.2) is 4.98 Å². The summed E-state index contributed by atoms with van der Waals surface area (Å²) >= 11 is 6.03. The van der Waals surface area contributed by atoms with E-state index >= 15 is 0 Å². The molecule has 1 aromatic rings. The maximum Gasteiger partial charge on any atom is 0.229 e. The second-order valence-electron chi connectivity index (χ2n) is 6.23. The number of halogens is 1. The van der Waals surface area contributed by atoms with Crippen LogP contribution in [0.1, 0.15) is 33.6 Å². The van der Waals surface area contributed by atoms with Crippen molar-refractivity contribution >= 4 is 23.3 Å². The lowest BCUT2D eigenvalue weighted by molar-refractivity contribution is -0.127. The molecule has 4 nitrogen and oxygen atoms in total. The predicted molar refractivity (Wildman–Crippen MR) is 81.5 cm³/mol. The minimum atomic E-state index is -0.136. The highest BCUT2D eigenvalue weighted by atomic mass is 35.5. The van der Waals surface area contributed by atoms with Crippen LogP contribution in [0.2, 0.25) is 5.02 Å². The molecule has 1 amide bonds. The highest BCUT2D eigenvalue weighted by Gasteiger charge is 2.45. The third-order valence-corrected chi connectivity index (χ3v) is 5.12. The molecule has 5 heteroatoms. The van der Waals surface area contributed by atoms with Crippen LogP contribution in [0.3, 0.4) is 0 Å². The number of hydrogen-bond acceptors (Lipinski definition) is 3. The molecule has 3 N–H and O–H groups in total. The summed E-state index contributed by atoms with van der Waals surface area (Å²) < 4.78 is 0. The van der Waals surface area contributed by atoms with Crippen molar-refractivity contribution in [2.45, 2.75) is 39.7 Å². The fourth-order valence-corrected chi connectivity index (χ4v) is 3.17. The molecule has 3 atom stereocenters. The van der Waals surface area contributed by atoms with Gasteiger partial charge < -0.3 is 11.1 Å². The summed E-state index contributed by atoms with van der Waals surface area (Å²) in [6.07, 6.45) is 3.29. The zero-order valence-electron chi connectivity index (χ0n) is 12.2. The van der Waals surface area contributed by atoms with Crippen LogP contribution in [-0.2, 0) is 4.79 Å². The first-order valence-corrected chi connectivity index (χ1v) is 7.38. The summed E-state index contributed by atoms with van der Waals surface area (Å²) in [6, 6.07) is 3.62. The van der Waals surface area contributed by atoms with Crippen LogP contribution in [0.5, 0.6) is 0 Å². The first-order valence-electron chi connectivity index (χ1n) is 7.01. The molecule has 1 aliphatic carbocycles. The van der Waals surface area contributed by atoms with Gasteiger partial charge in [-0.15, -0.1) is 0 Å². The standard InChI is InChI=1S/C15H22ClN3O/c1-9-12(17)7-6-10(15(9,2)3)14(20)19-13-11(16)5-4-8-18-13/h4-5,8-10,12H,6-7,17H2,1-3H3,(H,18,19,20). The van der Waals surface area contributed by atoms with E-state index in [0.717, 1.165) is 12.8 Å². The Hall–Kier alpha value is -1.13. The summed E-state index contributed by atoms with van der Waals surface area (Å²) in [5.74, 6) is 0.633. The Labute approximate surface area is 125 Å². The van der Waals surface area contributed by atoms with Crippen molar-refractivity contribution in [1.29, 1.82) is 0 Å². The average molecular weight is 296 g/mol. The maximum absolute atomic E-state index is 12.5. The van der Waals surface area contributed by atoms with Crippen molar-refractivity contribution in [3.63, 3.8) is 0 Å². The molecule has 0 aliphatic heterocycles. The Balaban J connectivity index is 2.15. The van der Waals surface area contributed by atoms with Gasteiger partial charge in [-0.2, -0.15) is 0 Å². The minimum absolute atomic E-state index is 0.0191. The molecule has 0 spiro atoms. The van der Waals surface area contributed by atoms with E-state index in [-0.39, 0.29) is 23.3 Å². The lowest BCUT2D eigenvalue weighted by Gasteiger charge is -2.45. The van der Waals surface area contributed by atoms with Crippen LogP contribution in [0.25, 0.3) is 0 Å². The number of amides is 1. The van der Waals surface area contributed by atoms with E-state index in [4.69, 9.17) is 17.3 Å². The lowest BCUT2D eigenvalue weighted by atomic mass is 9.61. The molecule has 1 saturated carbocycles. The summed E-state index contributed by atoms with van der Waals surface area (Å²) in [5, 5.41) is 3.31. The number of nitrogens with zero attached hydrogens (tertiary/aromatic N) is 1. The zero-order chi connectivity index (χ0) is 14.9. The van der Waals surface area contributed by atoms with Crippen molar-refractivity contribution in [2.24, 2.45) is 23.0 Å². The number of aromatic nitrogens is 1. The number of pyridine rings is 1. The second kappa shape index (κ2) is 5.70. The molecule has 20 heavy (non-hydrogen) atoms. The molecule has 3 unspecified atom stereocenters. The number of nitrogens with one attached hydrogen (secondary N) is 1. The normalized spacial score (nSPS) is 28.9. The average Bonchev–Trinajstić information content (AvgIpc) is 2.38. The number of carbonyl (C=O) groups is 1. The van der Waals surface area contributed by atoms with Gasteiger partial charge >= 0.3 is 0 Å². The molecule has 1 aliphatic rings. The molecule has 0 saturated heterocycles. The molecular formula is C15H22ClN3O. The number of nitrogens with two attached hydrogens (primary N) is 1. The van der Waals surface area contributed by atoms with E-state index in [0.29, 0.717) is 16.8 Å². The number of anilines is 1. The zero-order valence-corrected chi connectivity index (χ0v) is 12.9. The number of hydrogen-bond donors (Lipinski definition) is 2. The van der Waals surface area contributed by atoms with E-state index in [1.54, 1.807) is 18.3 Å². The van der Waals surface area contributed by atoms with E-state index in [1.807, 2.05) is 0 Å². The van der Waals surface area contributed by atoms with Gasteiger partial charge in [0.25, 0.3) is 0 Å². The Morgan fingerprint density at radius 1 is 1.50 bits per heavy atom. The van der Waals surface area contributed by atoms with Gasteiger partial charge in [0.15, 0.2) is 5.82 Å². The Morgan fingerprint density at radius 2 is 2.20 bits per heavy atom. The van der Waals surface area contributed by atoms with Crippen LogP contribution < -0.4 is 11.1 Å². The van der Waals surface area contributed by atoms with Gasteiger partial charge in [-0.05, 0) is 36.3 Å². The van der Waals surface area contributed by atoms with Gasteiger partial charge in [-0.3, -0.25) is 4.79 Å². The number of carbonyl (C=O) groups excluding carboxylic acids is 1. The third kappa shape index (κ3) is 2.81. The van der Waals surface area contributed by atoms with Crippen molar-refractivity contribution in [3.05, 3.63) is 23.4 Å². The van der Waals surface area contributed by atoms with Crippen molar-refractivity contribution in [1.82, 2.24) is 4.98 Å². The van der Waals surface area contributed by atoms with Crippen LogP contribution in [-0.4, -0.2) is 16.9 Å². The van der Waals surface area contributed by atoms with Gasteiger partial charge in [0.05, 0.1) is 5.02 Å². The lowest BCUT2D eigenvalue weighted by Crippen LogP contribution is -2.50. The fraction of sp³-hybridized carbons (Fsp3) is 0.600. The van der Waals surface area contributed by atoms with Gasteiger partial charge in [0, 0.05) is 18.2 Å². The molecule has 2 rings (SSSR count). The fourth-order valence-electron chi connectivity index (χ4n) is 3.00. The molecular weight excluding hydrogens is 274 g/mol. The van der Waals surface area contributed by atoms with Crippen molar-refractivity contribution < 1.29 is 4.79 Å². The highest BCUT2D eigenvalue weighted by molar-refractivity contribution is 6.33. The molecule has 1 heterocycles. The van der Waals surface area contributed by atoms with Crippen LogP contribution >= 0.6 is 11.6 Å². The Morgan fingerprint density at radius 3 is 2.85 bits per heavy atom. The van der Waals surface area contributed by atoms with Gasteiger partial charge in [0.1, 0.15) is 0 Å². The van der Waals surface area contributed by atoms with Crippen molar-refractivity contribution in [3.8, 4) is 0 Å². The molecule has 110 valence electrons. The van der Waals surface area contributed by atoms with E-state index in [1.165, 1.54) is 0 Å². The first kappa shape index (κ1) is 15.3. The quantitative estimate of drug-likeness (QED) is 0.881. The van der Waals surface area contributed by atoms with E-state index in [9.17, 15) is 4.79 Å². The summed E-state index contributed by atoms with van der Waals surface area (Å²) in [4.78, 5) is 16.6. The summed E-state index contributed by atoms with van der Waals surface area (Å²) in [5.41, 5.74) is 5.99. The van der Waals surface area contributed by atoms with Crippen LogP contribution in [0, 0.1) is 17.3 Å². The maximum atomic E-state index is 12.5. The predicted octanol–water partition coefficient (Wildman–Crippen LogP) is 3.07. The first-order chi connectivity index (χ1) is 9.34. The molecule has 0 bridgehead atoms. The van der Waals surface area contributed by atoms with Crippen LogP contribution in [0.15, 0.2) is 18.3 Å². The Kier molecular flexibility index (Phi) is 4.35. The van der Waals surface area contributed by atoms with Crippen LogP contribution in [0.4, 0.5) is 5.82 Å². The Bertz CT molecular complexity index is 504. The topological polar surface area (TPSA) is 68.0 Å². The molecule has 1 aromatic heterocycles. The summed E-state index contributed by atoms with van der Waals surface area (Å²) in [6.45, 7) is 6.35. The molecule has 1 fully saturated rings. The third-order valence-electron chi connectivity index (χ3n) is 4.82. The smallest absolute Gasteiger partial charge is 0.229 e. The summed E-state index contributed by atoms with van der Waals surface area (Å²) in [7, 11) is 0. The van der Waals surface area contributed by atoms with Gasteiger partial charge in [-0.1, -0.05) is 32.4 Å². The SMILES string of the molecule is CC1C(N)CCC(C(=O)Nc2ncccc2Cl)C1(C)C. The van der Waals surface area contributed by atoms with Crippen molar-refractivity contribution in [2.75, 3.05) is 5.32 Å². The van der Waals surface area contributed by atoms with Gasteiger partial charge in [0.2, 0.25) is 5.91 Å². The van der Waals surface area contributed by atoms with E-state index in [2.05, 4.69) is 31.1 Å².